The van der Waals surface area contributed by atoms with Gasteiger partial charge in [0.05, 0.1) is 0 Å². The molecule has 0 spiro atoms. The molecule has 0 aromatic rings. The van der Waals surface area contributed by atoms with E-state index in [0.29, 0.717) is 25.4 Å². The molecule has 5 nitrogen and oxygen atoms in total. The number of carbonyl (C=O) groups is 2. The van der Waals surface area contributed by atoms with E-state index >= 15 is 0 Å². The van der Waals surface area contributed by atoms with Crippen molar-refractivity contribution in [1.29, 1.82) is 0 Å². The Morgan fingerprint density at radius 3 is 2.32 bits per heavy atom. The van der Waals surface area contributed by atoms with Gasteiger partial charge in [0.25, 0.3) is 0 Å². The van der Waals surface area contributed by atoms with Gasteiger partial charge in [0.15, 0.2) is 0 Å². The minimum atomic E-state index is -0.972. The summed E-state index contributed by atoms with van der Waals surface area (Å²) in [6, 6.07) is 0. The van der Waals surface area contributed by atoms with E-state index in [1.165, 1.54) is 0 Å². The maximum atomic E-state index is 12.0. The maximum Gasteiger partial charge on any atom is 0.410 e. The van der Waals surface area contributed by atoms with Crippen LogP contribution in [0.4, 0.5) is 4.79 Å². The van der Waals surface area contributed by atoms with Crippen molar-refractivity contribution in [3.05, 3.63) is 0 Å². The number of hydrogen-bond acceptors (Lipinski definition) is 4. The van der Waals surface area contributed by atoms with Gasteiger partial charge in [0, 0.05) is 25.0 Å². The zero-order chi connectivity index (χ0) is 14.2. The van der Waals surface area contributed by atoms with E-state index in [1.54, 1.807) is 4.90 Å². The number of carbonyl (C=O) groups excluding carboxylic acids is 2. The van der Waals surface area contributed by atoms with E-state index in [1.807, 2.05) is 20.8 Å². The van der Waals surface area contributed by atoms with Crippen molar-refractivity contribution in [2.75, 3.05) is 13.1 Å². The Balaban J connectivity index is 1.98. The summed E-state index contributed by atoms with van der Waals surface area (Å²) < 4.78 is 5.35. The highest BCUT2D eigenvalue weighted by Gasteiger charge is 2.42. The molecule has 2 rings (SSSR count). The molecular weight excluding hydrogens is 246 g/mol. The number of aliphatic carboxylic acids is 1. The zero-order valence-electron chi connectivity index (χ0n) is 11.8. The number of rotatable bonds is 2. The number of nitrogens with zero attached hydrogens (tertiary/aromatic N) is 1. The summed E-state index contributed by atoms with van der Waals surface area (Å²) in [6.07, 6.45) is 2.27. The Bertz CT molecular complexity index is 370. The summed E-state index contributed by atoms with van der Waals surface area (Å²) in [6.45, 7) is 6.42. The van der Waals surface area contributed by atoms with Crippen molar-refractivity contribution in [1.82, 2.24) is 4.90 Å². The summed E-state index contributed by atoms with van der Waals surface area (Å²) in [7, 11) is 0. The monoisotopic (exact) mass is 268 g/mol. The molecule has 2 fully saturated rings. The number of hydrogen-bond donors (Lipinski definition) is 0. The predicted octanol–water partition coefficient (Wildman–Crippen LogP) is 1.02. The first-order valence-electron chi connectivity index (χ1n) is 6.97. The highest BCUT2D eigenvalue weighted by Crippen LogP contribution is 2.43. The topological polar surface area (TPSA) is 69.7 Å². The molecule has 2 aliphatic rings. The van der Waals surface area contributed by atoms with E-state index in [2.05, 4.69) is 0 Å². The Kier molecular flexibility index (Phi) is 3.74. The van der Waals surface area contributed by atoms with Crippen LogP contribution in [0.5, 0.6) is 0 Å². The first-order valence-corrected chi connectivity index (χ1v) is 6.97. The van der Waals surface area contributed by atoms with Gasteiger partial charge >= 0.3 is 6.09 Å². The average Bonchev–Trinajstić information content (AvgIpc) is 3.09. The van der Waals surface area contributed by atoms with Crippen molar-refractivity contribution < 1.29 is 19.4 Å². The number of carboxylic acids is 1. The molecule has 108 valence electrons. The SMILES string of the molecule is CC(C)(C)OC(=O)N1CCC(C(=O)[O-])C(C2CC2)C1. The van der Waals surface area contributed by atoms with E-state index in [4.69, 9.17) is 4.74 Å². The average molecular weight is 268 g/mol. The van der Waals surface area contributed by atoms with Crippen molar-refractivity contribution in [2.24, 2.45) is 17.8 Å². The van der Waals surface area contributed by atoms with Crippen LogP contribution < -0.4 is 5.11 Å². The smallest absolute Gasteiger partial charge is 0.410 e. The predicted molar refractivity (Wildman–Crippen MR) is 67.1 cm³/mol. The Morgan fingerprint density at radius 1 is 1.21 bits per heavy atom. The van der Waals surface area contributed by atoms with E-state index in [9.17, 15) is 14.7 Å². The molecule has 2 atom stereocenters. The van der Waals surface area contributed by atoms with Gasteiger partial charge in [-0.1, -0.05) is 0 Å². The zero-order valence-corrected chi connectivity index (χ0v) is 11.8. The molecule has 5 heteroatoms. The second-order valence-electron chi connectivity index (χ2n) is 6.64. The molecule has 1 saturated carbocycles. The minimum Gasteiger partial charge on any atom is -0.550 e. The molecule has 19 heavy (non-hydrogen) atoms. The van der Waals surface area contributed by atoms with Crippen molar-refractivity contribution in [3.63, 3.8) is 0 Å². The summed E-state index contributed by atoms with van der Waals surface area (Å²) >= 11 is 0. The second-order valence-corrected chi connectivity index (χ2v) is 6.64. The molecule has 1 heterocycles. The molecule has 0 N–H and O–H groups in total. The standard InChI is InChI=1S/C14H23NO4/c1-14(2,3)19-13(18)15-7-6-10(12(16)17)11(8-15)9-4-5-9/h9-11H,4-8H2,1-3H3,(H,16,17)/p-1. The Labute approximate surface area is 113 Å². The summed E-state index contributed by atoms with van der Waals surface area (Å²) in [4.78, 5) is 24.8. The number of ether oxygens (including phenoxy) is 1. The third-order valence-electron chi connectivity index (χ3n) is 3.84. The normalized spacial score (nSPS) is 28.1. The molecule has 0 bridgehead atoms. The molecule has 1 aliphatic heterocycles. The lowest BCUT2D eigenvalue weighted by molar-refractivity contribution is -0.314. The van der Waals surface area contributed by atoms with Gasteiger partial charge in [-0.25, -0.2) is 4.79 Å². The van der Waals surface area contributed by atoms with Gasteiger partial charge in [0.1, 0.15) is 5.60 Å². The first kappa shape index (κ1) is 14.2. The largest absolute Gasteiger partial charge is 0.550 e. The lowest BCUT2D eigenvalue weighted by atomic mass is 9.82. The summed E-state index contributed by atoms with van der Waals surface area (Å²) in [5.74, 6) is -0.911. The lowest BCUT2D eigenvalue weighted by Gasteiger charge is -2.39. The van der Waals surface area contributed by atoms with Crippen LogP contribution >= 0.6 is 0 Å². The fraction of sp³-hybridized carbons (Fsp3) is 0.857. The van der Waals surface area contributed by atoms with Crippen molar-refractivity contribution >= 4 is 12.1 Å². The van der Waals surface area contributed by atoms with Crippen LogP contribution in [0.25, 0.3) is 0 Å². The van der Waals surface area contributed by atoms with Crippen LogP contribution in [0.1, 0.15) is 40.0 Å². The highest BCUT2D eigenvalue weighted by atomic mass is 16.6. The van der Waals surface area contributed by atoms with Gasteiger partial charge in [-0.3, -0.25) is 0 Å². The molecule has 1 saturated heterocycles. The van der Waals surface area contributed by atoms with Crippen LogP contribution in [0.15, 0.2) is 0 Å². The molecule has 1 aliphatic carbocycles. The van der Waals surface area contributed by atoms with Crippen LogP contribution in [0.3, 0.4) is 0 Å². The highest BCUT2D eigenvalue weighted by molar-refractivity contribution is 5.71. The van der Waals surface area contributed by atoms with Crippen LogP contribution in [0.2, 0.25) is 0 Å². The second kappa shape index (κ2) is 5.02. The molecule has 0 aromatic carbocycles. The van der Waals surface area contributed by atoms with Gasteiger partial charge in [-0.15, -0.1) is 0 Å². The van der Waals surface area contributed by atoms with Gasteiger partial charge in [-0.2, -0.15) is 0 Å². The van der Waals surface area contributed by atoms with Gasteiger partial charge in [-0.05, 0) is 51.9 Å². The molecule has 2 unspecified atom stereocenters. The third-order valence-corrected chi connectivity index (χ3v) is 3.84. The van der Waals surface area contributed by atoms with E-state index < -0.39 is 17.5 Å². The maximum absolute atomic E-state index is 12.0. The number of amides is 1. The molecule has 1 amide bonds. The van der Waals surface area contributed by atoms with Crippen molar-refractivity contribution in [3.8, 4) is 0 Å². The fourth-order valence-electron chi connectivity index (χ4n) is 2.77. The third kappa shape index (κ3) is 3.61. The van der Waals surface area contributed by atoms with Gasteiger partial charge < -0.3 is 19.5 Å². The van der Waals surface area contributed by atoms with Gasteiger partial charge in [0.2, 0.25) is 0 Å². The lowest BCUT2D eigenvalue weighted by Crippen LogP contribution is -2.50. The molecule has 0 radical (unpaired) electrons. The number of piperidine rings is 1. The first-order chi connectivity index (χ1) is 8.78. The minimum absolute atomic E-state index is 0.0336. The summed E-state index contributed by atoms with van der Waals surface area (Å²) in [5.41, 5.74) is -0.517. The molecular formula is C14H22NO4-. The van der Waals surface area contributed by atoms with Crippen LogP contribution in [0, 0.1) is 17.8 Å². The van der Waals surface area contributed by atoms with E-state index in [0.717, 1.165) is 12.8 Å². The van der Waals surface area contributed by atoms with Crippen LogP contribution in [-0.4, -0.2) is 35.7 Å². The number of carboxylic acid groups (broad SMARTS) is 1. The number of likely N-dealkylation sites (tertiary alicyclic amines) is 1. The Morgan fingerprint density at radius 2 is 1.84 bits per heavy atom. The fourth-order valence-corrected chi connectivity index (χ4v) is 2.77. The quantitative estimate of drug-likeness (QED) is 0.749. The molecule has 0 aromatic heterocycles. The Hall–Kier alpha value is -1.26. The van der Waals surface area contributed by atoms with Crippen LogP contribution in [-0.2, 0) is 9.53 Å². The van der Waals surface area contributed by atoms with Crippen molar-refractivity contribution in [2.45, 2.75) is 45.6 Å². The van der Waals surface area contributed by atoms with E-state index in [-0.39, 0.29) is 12.0 Å². The summed E-state index contributed by atoms with van der Waals surface area (Å²) in [5, 5.41) is 11.2.